The van der Waals surface area contributed by atoms with E-state index in [1.54, 1.807) is 12.1 Å². The van der Waals surface area contributed by atoms with Gasteiger partial charge >= 0.3 is 5.69 Å². The van der Waals surface area contributed by atoms with Crippen molar-refractivity contribution >= 4 is 22.9 Å². The molecule has 0 saturated carbocycles. The first-order chi connectivity index (χ1) is 10.7. The zero-order valence-corrected chi connectivity index (χ0v) is 12.9. The fourth-order valence-electron chi connectivity index (χ4n) is 1.97. The topological polar surface area (TPSA) is 111 Å². The van der Waals surface area contributed by atoms with Crippen LogP contribution in [0.2, 0.25) is 0 Å². The van der Waals surface area contributed by atoms with Crippen LogP contribution in [-0.4, -0.2) is 14.8 Å². The maximum atomic E-state index is 11.1. The van der Waals surface area contributed by atoms with Crippen molar-refractivity contribution in [2.24, 2.45) is 0 Å². The first kappa shape index (κ1) is 16.3. The van der Waals surface area contributed by atoms with Crippen molar-refractivity contribution in [1.29, 1.82) is 0 Å². The van der Waals surface area contributed by atoms with Gasteiger partial charge in [-0.3, -0.25) is 20.2 Å². The number of pyridine rings is 1. The van der Waals surface area contributed by atoms with Crippen molar-refractivity contribution in [1.82, 2.24) is 4.98 Å². The summed E-state index contributed by atoms with van der Waals surface area (Å²) in [6.07, 6.45) is 0.985. The number of hydrogen-bond donors (Lipinski definition) is 1. The van der Waals surface area contributed by atoms with E-state index in [0.29, 0.717) is 5.69 Å². The first-order valence-corrected chi connectivity index (χ1v) is 6.85. The highest BCUT2D eigenvalue weighted by atomic mass is 16.6. The largest absolute Gasteiger partial charge is 0.334 e. The van der Waals surface area contributed by atoms with Gasteiger partial charge in [0.2, 0.25) is 5.82 Å². The van der Waals surface area contributed by atoms with E-state index in [4.69, 9.17) is 0 Å². The van der Waals surface area contributed by atoms with Crippen molar-refractivity contribution < 1.29 is 9.85 Å². The van der Waals surface area contributed by atoms with Gasteiger partial charge in [-0.25, -0.2) is 4.98 Å². The van der Waals surface area contributed by atoms with Gasteiger partial charge < -0.3 is 5.32 Å². The molecule has 0 spiro atoms. The predicted octanol–water partition coefficient (Wildman–Crippen LogP) is 3.94. The number of nitrogens with zero attached hydrogens (tertiary/aromatic N) is 3. The second-order valence-corrected chi connectivity index (χ2v) is 6.03. The summed E-state index contributed by atoms with van der Waals surface area (Å²) < 4.78 is 0. The van der Waals surface area contributed by atoms with E-state index in [1.165, 1.54) is 0 Å². The highest BCUT2D eigenvalue weighted by Crippen LogP contribution is 2.30. The Labute approximate surface area is 132 Å². The third-order valence-corrected chi connectivity index (χ3v) is 3.27. The van der Waals surface area contributed by atoms with Crippen molar-refractivity contribution in [3.8, 4) is 0 Å². The molecule has 1 N–H and O–H groups in total. The molecule has 1 heterocycles. The molecule has 1 aromatic carbocycles. The monoisotopic (exact) mass is 316 g/mol. The number of anilines is 2. The molecule has 0 aliphatic heterocycles. The molecular weight excluding hydrogens is 300 g/mol. The number of nitro groups is 2. The van der Waals surface area contributed by atoms with Crippen LogP contribution in [0.25, 0.3) is 0 Å². The molecule has 0 atom stereocenters. The molecule has 0 saturated heterocycles. The summed E-state index contributed by atoms with van der Waals surface area (Å²) in [5.41, 5.74) is 0.858. The Hall–Kier alpha value is -3.03. The van der Waals surface area contributed by atoms with Crippen LogP contribution >= 0.6 is 0 Å². The maximum absolute atomic E-state index is 11.1. The van der Waals surface area contributed by atoms with E-state index in [2.05, 4.69) is 31.1 Å². The second kappa shape index (κ2) is 5.99. The zero-order valence-electron chi connectivity index (χ0n) is 12.9. The molecule has 0 aliphatic carbocycles. The lowest BCUT2D eigenvalue weighted by Gasteiger charge is -2.19. The van der Waals surface area contributed by atoms with Crippen LogP contribution in [-0.2, 0) is 5.41 Å². The molecule has 23 heavy (non-hydrogen) atoms. The third-order valence-electron chi connectivity index (χ3n) is 3.27. The lowest BCUT2D eigenvalue weighted by Crippen LogP contribution is -2.10. The fourth-order valence-corrected chi connectivity index (χ4v) is 1.97. The van der Waals surface area contributed by atoms with E-state index in [9.17, 15) is 20.2 Å². The van der Waals surface area contributed by atoms with E-state index in [1.807, 2.05) is 12.1 Å². The number of rotatable bonds is 4. The molecular formula is C15H16N4O4. The highest BCUT2D eigenvalue weighted by molar-refractivity contribution is 5.67. The van der Waals surface area contributed by atoms with E-state index >= 15 is 0 Å². The van der Waals surface area contributed by atoms with Gasteiger partial charge in [0.05, 0.1) is 15.9 Å². The molecule has 0 aliphatic rings. The average molecular weight is 316 g/mol. The van der Waals surface area contributed by atoms with Crippen LogP contribution in [0.3, 0.4) is 0 Å². The van der Waals surface area contributed by atoms with E-state index in [-0.39, 0.29) is 11.2 Å². The summed E-state index contributed by atoms with van der Waals surface area (Å²) in [6, 6.07) is 8.29. The molecule has 1 aromatic heterocycles. The van der Waals surface area contributed by atoms with Gasteiger partial charge in [-0.15, -0.1) is 0 Å². The number of hydrogen-bond acceptors (Lipinski definition) is 6. The minimum absolute atomic E-state index is 0.00383. The number of benzene rings is 1. The van der Waals surface area contributed by atoms with Crippen LogP contribution in [0, 0.1) is 20.2 Å². The normalized spacial score (nSPS) is 11.1. The molecule has 0 unspecified atom stereocenters. The lowest BCUT2D eigenvalue weighted by molar-refractivity contribution is -0.394. The Morgan fingerprint density at radius 1 is 1.04 bits per heavy atom. The summed E-state index contributed by atoms with van der Waals surface area (Å²) in [5, 5.41) is 24.6. The van der Waals surface area contributed by atoms with Crippen LogP contribution in [0.15, 0.2) is 36.5 Å². The van der Waals surface area contributed by atoms with Gasteiger partial charge in [-0.05, 0) is 23.1 Å². The number of aromatic nitrogens is 1. The second-order valence-electron chi connectivity index (χ2n) is 6.03. The summed E-state index contributed by atoms with van der Waals surface area (Å²) in [5.74, 6) is -0.0379. The Balaban J connectivity index is 2.32. The van der Waals surface area contributed by atoms with Gasteiger partial charge in [0.25, 0.3) is 5.69 Å². The maximum Gasteiger partial charge on any atom is 0.318 e. The standard InChI is InChI=1S/C15H16N4O4/c1-15(2,3)10-4-6-11(7-5-10)17-14-13(19(22)23)8-12(9-16-14)18(20)21/h4-9H,1-3H3,(H,16,17). The predicted molar refractivity (Wildman–Crippen MR) is 86.0 cm³/mol. The molecule has 8 nitrogen and oxygen atoms in total. The van der Waals surface area contributed by atoms with Crippen LogP contribution in [0.5, 0.6) is 0 Å². The minimum Gasteiger partial charge on any atom is -0.334 e. The first-order valence-electron chi connectivity index (χ1n) is 6.85. The lowest BCUT2D eigenvalue weighted by atomic mass is 9.87. The van der Waals surface area contributed by atoms with Gasteiger partial charge in [0.1, 0.15) is 6.20 Å². The molecule has 2 rings (SSSR count). The molecule has 120 valence electrons. The summed E-state index contributed by atoms with van der Waals surface area (Å²) >= 11 is 0. The van der Waals surface area contributed by atoms with Crippen molar-refractivity contribution in [2.75, 3.05) is 5.32 Å². The smallest absolute Gasteiger partial charge is 0.318 e. The minimum atomic E-state index is -0.720. The Morgan fingerprint density at radius 3 is 2.13 bits per heavy atom. The Kier molecular flexibility index (Phi) is 4.26. The van der Waals surface area contributed by atoms with Gasteiger partial charge in [-0.1, -0.05) is 32.9 Å². The van der Waals surface area contributed by atoms with Crippen molar-refractivity contribution in [2.45, 2.75) is 26.2 Å². The van der Waals surface area contributed by atoms with E-state index in [0.717, 1.165) is 17.8 Å². The highest BCUT2D eigenvalue weighted by Gasteiger charge is 2.21. The summed E-state index contributed by atoms with van der Waals surface area (Å²) in [6.45, 7) is 6.24. The fraction of sp³-hybridized carbons (Fsp3) is 0.267. The van der Waals surface area contributed by atoms with Crippen LogP contribution in [0.4, 0.5) is 22.9 Å². The van der Waals surface area contributed by atoms with Gasteiger partial charge in [0, 0.05) is 5.69 Å². The van der Waals surface area contributed by atoms with Crippen molar-refractivity contribution in [3.63, 3.8) is 0 Å². The van der Waals surface area contributed by atoms with Gasteiger partial charge in [-0.2, -0.15) is 0 Å². The molecule has 0 bridgehead atoms. The molecule has 0 radical (unpaired) electrons. The molecule has 8 heteroatoms. The van der Waals surface area contributed by atoms with Gasteiger partial charge in [0.15, 0.2) is 0 Å². The quantitative estimate of drug-likeness (QED) is 0.675. The summed E-state index contributed by atoms with van der Waals surface area (Å²) in [7, 11) is 0. The summed E-state index contributed by atoms with van der Waals surface area (Å²) in [4.78, 5) is 24.1. The zero-order chi connectivity index (χ0) is 17.2. The average Bonchev–Trinajstić information content (AvgIpc) is 2.46. The molecule has 2 aromatic rings. The van der Waals surface area contributed by atoms with Crippen LogP contribution < -0.4 is 5.32 Å². The third kappa shape index (κ3) is 3.79. The SMILES string of the molecule is CC(C)(C)c1ccc(Nc2ncc([N+](=O)[O-])cc2[N+](=O)[O-])cc1. The number of nitrogens with one attached hydrogen (secondary N) is 1. The van der Waals surface area contributed by atoms with Crippen LogP contribution in [0.1, 0.15) is 26.3 Å². The van der Waals surface area contributed by atoms with Crippen molar-refractivity contribution in [3.05, 3.63) is 62.3 Å². The van der Waals surface area contributed by atoms with E-state index < -0.39 is 21.2 Å². The Bertz CT molecular complexity index is 751. The Morgan fingerprint density at radius 2 is 1.65 bits per heavy atom. The molecule has 0 amide bonds. The molecule has 0 fully saturated rings.